The van der Waals surface area contributed by atoms with Crippen LogP contribution >= 0.6 is 0 Å². The Morgan fingerprint density at radius 3 is 2.48 bits per heavy atom. The first kappa shape index (κ1) is 19.4. The first-order valence-corrected chi connectivity index (χ1v) is 9.57. The molecule has 0 radical (unpaired) electrons. The largest absolute Gasteiger partial charge is 0.337 e. The average molecular weight is 402 g/mol. The zero-order valence-corrected chi connectivity index (χ0v) is 15.2. The average Bonchev–Trinajstić information content (AvgIpc) is 2.92. The van der Waals surface area contributed by atoms with Crippen LogP contribution in [0.1, 0.15) is 16.8 Å². The first-order chi connectivity index (χ1) is 12.7. The Balaban J connectivity index is 1.77. The van der Waals surface area contributed by atoms with E-state index in [2.05, 4.69) is 5.10 Å². The molecule has 2 heterocycles. The third kappa shape index (κ3) is 3.69. The predicted octanol–water partition coefficient (Wildman–Crippen LogP) is 1.37. The molecule has 1 aromatic carbocycles. The van der Waals surface area contributed by atoms with Gasteiger partial charge in [-0.1, -0.05) is 0 Å². The number of amides is 1. The molecule has 1 saturated heterocycles. The molecule has 11 heteroatoms. The second-order valence-electron chi connectivity index (χ2n) is 6.12. The van der Waals surface area contributed by atoms with Crippen molar-refractivity contribution in [1.82, 2.24) is 19.0 Å². The summed E-state index contributed by atoms with van der Waals surface area (Å²) < 4.78 is 68.2. The van der Waals surface area contributed by atoms with Gasteiger partial charge in [-0.2, -0.15) is 9.40 Å². The molecule has 0 saturated carbocycles. The summed E-state index contributed by atoms with van der Waals surface area (Å²) >= 11 is 0. The van der Waals surface area contributed by atoms with Crippen LogP contribution in [-0.4, -0.2) is 59.5 Å². The predicted molar refractivity (Wildman–Crippen MR) is 88.8 cm³/mol. The molecule has 1 amide bonds. The molecule has 3 rings (SSSR count). The van der Waals surface area contributed by atoms with Crippen molar-refractivity contribution >= 4 is 15.9 Å². The maximum Gasteiger partial charge on any atom is 0.256 e. The van der Waals surface area contributed by atoms with E-state index in [1.165, 1.54) is 26.3 Å². The van der Waals surface area contributed by atoms with Crippen LogP contribution in [0.25, 0.3) is 0 Å². The minimum Gasteiger partial charge on any atom is -0.337 e. The molecule has 0 atom stereocenters. The summed E-state index contributed by atoms with van der Waals surface area (Å²) in [6, 6.07) is 1.56. The van der Waals surface area contributed by atoms with Crippen LogP contribution < -0.4 is 0 Å². The molecule has 1 fully saturated rings. The minimum absolute atomic E-state index is 0.00321. The van der Waals surface area contributed by atoms with Crippen molar-refractivity contribution in [3.8, 4) is 0 Å². The molecule has 1 aromatic heterocycles. The molecule has 0 unspecified atom stereocenters. The fourth-order valence-corrected chi connectivity index (χ4v) is 4.34. The lowest BCUT2D eigenvalue weighted by Gasteiger charge is -2.22. The number of rotatable bonds is 3. The topological polar surface area (TPSA) is 75.5 Å². The van der Waals surface area contributed by atoms with E-state index in [9.17, 15) is 26.4 Å². The molecule has 7 nitrogen and oxygen atoms in total. The summed E-state index contributed by atoms with van der Waals surface area (Å²) in [6.07, 6.45) is 2.93. The van der Waals surface area contributed by atoms with Gasteiger partial charge in [-0.25, -0.2) is 21.6 Å². The van der Waals surface area contributed by atoms with Crippen molar-refractivity contribution in [2.24, 2.45) is 7.05 Å². The second-order valence-corrected chi connectivity index (χ2v) is 8.06. The van der Waals surface area contributed by atoms with Gasteiger partial charge in [-0.05, 0) is 18.6 Å². The molecular weight excluding hydrogens is 385 g/mol. The van der Waals surface area contributed by atoms with Crippen molar-refractivity contribution < 1.29 is 26.4 Å². The highest BCUT2D eigenvalue weighted by Gasteiger charge is 2.30. The zero-order valence-electron chi connectivity index (χ0n) is 14.4. The number of carbonyl (C=O) groups excluding carboxylic acids is 1. The van der Waals surface area contributed by atoms with Crippen molar-refractivity contribution in [2.75, 3.05) is 26.2 Å². The molecule has 0 aliphatic carbocycles. The highest BCUT2D eigenvalue weighted by Crippen LogP contribution is 2.20. The van der Waals surface area contributed by atoms with E-state index < -0.39 is 38.9 Å². The minimum atomic E-state index is -3.77. The molecule has 146 valence electrons. The fourth-order valence-electron chi connectivity index (χ4n) is 2.88. The van der Waals surface area contributed by atoms with Crippen LogP contribution in [0.4, 0.5) is 13.2 Å². The number of nitrogens with zero attached hydrogens (tertiary/aromatic N) is 4. The molecule has 0 bridgehead atoms. The number of hydrogen-bond donors (Lipinski definition) is 0. The lowest BCUT2D eigenvalue weighted by Crippen LogP contribution is -2.37. The Morgan fingerprint density at radius 1 is 1.07 bits per heavy atom. The molecular formula is C16H17F3N4O3S. The van der Waals surface area contributed by atoms with E-state index in [4.69, 9.17) is 0 Å². The molecule has 2 aromatic rings. The number of carbonyl (C=O) groups is 1. The molecule has 1 aliphatic rings. The van der Waals surface area contributed by atoms with Gasteiger partial charge in [0.05, 0.1) is 11.8 Å². The third-order valence-electron chi connectivity index (χ3n) is 4.33. The van der Waals surface area contributed by atoms with Crippen LogP contribution in [0, 0.1) is 17.5 Å². The highest BCUT2D eigenvalue weighted by atomic mass is 32.2. The SMILES string of the molecule is Cn1cc(S(=O)(=O)N2CCCN(C(=O)c3ccc(F)c(F)c3F)CC2)cn1. The number of halogens is 3. The van der Waals surface area contributed by atoms with Crippen LogP contribution in [0.15, 0.2) is 29.4 Å². The number of benzene rings is 1. The number of aromatic nitrogens is 2. The fraction of sp³-hybridized carbons (Fsp3) is 0.375. The molecule has 0 N–H and O–H groups in total. The van der Waals surface area contributed by atoms with Gasteiger partial charge >= 0.3 is 0 Å². The normalized spacial score (nSPS) is 16.4. The van der Waals surface area contributed by atoms with E-state index in [1.807, 2.05) is 0 Å². The van der Waals surface area contributed by atoms with Crippen molar-refractivity contribution in [1.29, 1.82) is 0 Å². The van der Waals surface area contributed by atoms with Gasteiger partial charge in [0.2, 0.25) is 10.0 Å². The Bertz CT molecular complexity index is 977. The van der Waals surface area contributed by atoms with E-state index in [1.54, 1.807) is 7.05 Å². The quantitative estimate of drug-likeness (QED) is 0.727. The summed E-state index contributed by atoms with van der Waals surface area (Å²) in [4.78, 5) is 13.8. The lowest BCUT2D eigenvalue weighted by atomic mass is 10.1. The number of hydrogen-bond acceptors (Lipinski definition) is 4. The maximum atomic E-state index is 13.9. The van der Waals surface area contributed by atoms with Gasteiger partial charge in [-0.15, -0.1) is 0 Å². The van der Waals surface area contributed by atoms with Gasteiger partial charge in [0.25, 0.3) is 5.91 Å². The van der Waals surface area contributed by atoms with Gasteiger partial charge in [0.15, 0.2) is 17.5 Å². The Morgan fingerprint density at radius 2 is 1.81 bits per heavy atom. The van der Waals surface area contributed by atoms with Crippen molar-refractivity contribution in [3.05, 3.63) is 47.5 Å². The number of aryl methyl sites for hydroxylation is 1. The zero-order chi connectivity index (χ0) is 19.8. The number of sulfonamides is 1. The van der Waals surface area contributed by atoms with Crippen LogP contribution in [-0.2, 0) is 17.1 Å². The van der Waals surface area contributed by atoms with Crippen molar-refractivity contribution in [3.63, 3.8) is 0 Å². The van der Waals surface area contributed by atoms with Gasteiger partial charge in [0.1, 0.15) is 4.90 Å². The Labute approximate surface area is 154 Å². The van der Waals surface area contributed by atoms with Crippen molar-refractivity contribution in [2.45, 2.75) is 11.3 Å². The summed E-state index contributed by atoms with van der Waals surface area (Å²) in [5.74, 6) is -5.46. The maximum absolute atomic E-state index is 13.9. The van der Waals surface area contributed by atoms with Crippen LogP contribution in [0.3, 0.4) is 0 Å². The summed E-state index contributed by atoms with van der Waals surface area (Å²) in [5, 5.41) is 3.85. The van der Waals surface area contributed by atoms with Crippen LogP contribution in [0.2, 0.25) is 0 Å². The van der Waals surface area contributed by atoms with E-state index >= 15 is 0 Å². The summed E-state index contributed by atoms with van der Waals surface area (Å²) in [5.41, 5.74) is -0.586. The second kappa shape index (κ2) is 7.31. The lowest BCUT2D eigenvalue weighted by molar-refractivity contribution is 0.0758. The van der Waals surface area contributed by atoms with Crippen LogP contribution in [0.5, 0.6) is 0 Å². The third-order valence-corrected chi connectivity index (χ3v) is 6.18. The summed E-state index contributed by atoms with van der Waals surface area (Å²) in [6.45, 7) is 0.322. The molecule has 0 spiro atoms. The standard InChI is InChI=1S/C16H17F3N4O3S/c1-21-10-11(9-20-21)27(25,26)23-6-2-5-22(7-8-23)16(24)12-3-4-13(17)15(19)14(12)18/h3-4,9-10H,2,5-8H2,1H3. The first-order valence-electron chi connectivity index (χ1n) is 8.13. The van der Waals surface area contributed by atoms with E-state index in [-0.39, 0.29) is 31.1 Å². The Hall–Kier alpha value is -2.40. The highest BCUT2D eigenvalue weighted by molar-refractivity contribution is 7.89. The van der Waals surface area contributed by atoms with Gasteiger partial charge < -0.3 is 4.90 Å². The van der Waals surface area contributed by atoms with E-state index in [0.29, 0.717) is 12.5 Å². The smallest absolute Gasteiger partial charge is 0.256 e. The Kier molecular flexibility index (Phi) is 5.24. The van der Waals surface area contributed by atoms with Gasteiger partial charge in [-0.3, -0.25) is 9.48 Å². The van der Waals surface area contributed by atoms with Gasteiger partial charge in [0, 0.05) is 39.4 Å². The monoisotopic (exact) mass is 402 g/mol. The molecule has 27 heavy (non-hydrogen) atoms. The molecule has 1 aliphatic heterocycles. The summed E-state index contributed by atoms with van der Waals surface area (Å²) in [7, 11) is -2.17. The van der Waals surface area contributed by atoms with E-state index in [0.717, 1.165) is 6.07 Å².